The Bertz CT molecular complexity index is 3110. The monoisotopic (exact) mass is 673 g/mol. The molecule has 1 unspecified atom stereocenters. The lowest BCUT2D eigenvalue weighted by atomic mass is 9.65. The highest BCUT2D eigenvalue weighted by Gasteiger charge is 2.51. The topological polar surface area (TPSA) is 22.8 Å². The van der Waals surface area contributed by atoms with E-state index in [9.17, 15) is 0 Å². The molecule has 10 aromatic rings. The second-order valence-electron chi connectivity index (χ2n) is 14.3. The van der Waals surface area contributed by atoms with E-state index in [2.05, 4.69) is 197 Å². The second kappa shape index (κ2) is 10.5. The van der Waals surface area contributed by atoms with Crippen LogP contribution in [-0.2, 0) is 5.41 Å². The summed E-state index contributed by atoms with van der Waals surface area (Å²) in [6, 6.07) is 68.9. The van der Waals surface area contributed by atoms with E-state index in [1.165, 1.54) is 83.2 Å². The SMILES string of the molecule is c1ccc(-c2nc3cccc4c3n2-c2ccccc2C42c3ccccc3-c3ccc(-c4ccc5c(c4)c4ccccc4n5-c4ccccc4)cc32)cc1. The van der Waals surface area contributed by atoms with Crippen LogP contribution in [0.25, 0.3) is 77.9 Å². The Morgan fingerprint density at radius 2 is 1.06 bits per heavy atom. The molecule has 0 N–H and O–H groups in total. The van der Waals surface area contributed by atoms with Gasteiger partial charge >= 0.3 is 0 Å². The molecule has 3 heterocycles. The molecule has 3 heteroatoms. The fourth-order valence-corrected chi connectivity index (χ4v) is 9.62. The summed E-state index contributed by atoms with van der Waals surface area (Å²) < 4.78 is 4.79. The maximum Gasteiger partial charge on any atom is 0.145 e. The number of hydrogen-bond donors (Lipinski definition) is 0. The molecule has 12 rings (SSSR count). The number of rotatable bonds is 3. The molecule has 2 aromatic heterocycles. The van der Waals surface area contributed by atoms with Gasteiger partial charge < -0.3 is 4.57 Å². The average molecular weight is 674 g/mol. The van der Waals surface area contributed by atoms with Crippen LogP contribution in [0, 0.1) is 0 Å². The highest BCUT2D eigenvalue weighted by Crippen LogP contribution is 2.61. The fraction of sp³-hybridized carbons (Fsp3) is 0.0200. The van der Waals surface area contributed by atoms with Gasteiger partial charge in [0.2, 0.25) is 0 Å². The highest BCUT2D eigenvalue weighted by atomic mass is 15.1. The quantitative estimate of drug-likeness (QED) is 0.183. The number of benzene rings is 8. The van der Waals surface area contributed by atoms with Crippen molar-refractivity contribution in [2.24, 2.45) is 0 Å². The molecule has 0 amide bonds. The third-order valence-corrected chi connectivity index (χ3v) is 11.7. The molecular formula is C50H31N3. The van der Waals surface area contributed by atoms with Gasteiger partial charge in [0, 0.05) is 22.0 Å². The first-order valence-electron chi connectivity index (χ1n) is 18.3. The predicted molar refractivity (Wildman–Crippen MR) is 217 cm³/mol. The molecule has 0 bridgehead atoms. The van der Waals surface area contributed by atoms with Crippen molar-refractivity contribution >= 4 is 32.8 Å². The van der Waals surface area contributed by atoms with Gasteiger partial charge in [0.25, 0.3) is 0 Å². The molecule has 0 saturated heterocycles. The Kier molecular flexibility index (Phi) is 5.70. The third-order valence-electron chi connectivity index (χ3n) is 11.7. The van der Waals surface area contributed by atoms with Crippen molar-refractivity contribution in [1.82, 2.24) is 14.1 Å². The molecule has 53 heavy (non-hydrogen) atoms. The number of imidazole rings is 1. The van der Waals surface area contributed by atoms with Gasteiger partial charge in [0.15, 0.2) is 0 Å². The molecule has 8 aromatic carbocycles. The van der Waals surface area contributed by atoms with Crippen LogP contribution in [0.15, 0.2) is 188 Å². The van der Waals surface area contributed by atoms with Gasteiger partial charge in [-0.1, -0.05) is 140 Å². The summed E-state index contributed by atoms with van der Waals surface area (Å²) in [5, 5.41) is 2.51. The zero-order valence-corrected chi connectivity index (χ0v) is 28.7. The molecule has 0 fully saturated rings. The summed E-state index contributed by atoms with van der Waals surface area (Å²) >= 11 is 0. The van der Waals surface area contributed by atoms with Crippen LogP contribution in [0.2, 0.25) is 0 Å². The Morgan fingerprint density at radius 1 is 0.396 bits per heavy atom. The zero-order chi connectivity index (χ0) is 34.7. The summed E-state index contributed by atoms with van der Waals surface area (Å²) in [6.07, 6.45) is 0. The van der Waals surface area contributed by atoms with E-state index in [4.69, 9.17) is 4.98 Å². The Balaban J connectivity index is 1.14. The van der Waals surface area contributed by atoms with Crippen molar-refractivity contribution in [3.05, 3.63) is 210 Å². The van der Waals surface area contributed by atoms with Gasteiger partial charge in [-0.05, 0) is 93.0 Å². The standard InChI is InChI=1S/C50H31N3/c1-3-14-32(15-4-1)49-51-44-23-13-22-42-48(44)53(49)47-25-12-10-21-41(47)50(42)40-20-9-7-18-36(40)37-28-26-34(31-43(37)50)33-27-29-46-39(30-33)38-19-8-11-24-45(38)52(46)35-16-5-2-6-17-35/h1-31H. The molecule has 2 aliphatic rings. The van der Waals surface area contributed by atoms with E-state index >= 15 is 0 Å². The number of para-hydroxylation sites is 4. The largest absolute Gasteiger partial charge is 0.309 e. The lowest BCUT2D eigenvalue weighted by Crippen LogP contribution is -2.33. The highest BCUT2D eigenvalue weighted by molar-refractivity contribution is 6.10. The van der Waals surface area contributed by atoms with Crippen LogP contribution in [0.3, 0.4) is 0 Å². The van der Waals surface area contributed by atoms with E-state index in [1.54, 1.807) is 0 Å². The summed E-state index contributed by atoms with van der Waals surface area (Å²) in [7, 11) is 0. The molecule has 3 nitrogen and oxygen atoms in total. The molecule has 1 aliphatic carbocycles. The van der Waals surface area contributed by atoms with Crippen molar-refractivity contribution in [2.45, 2.75) is 5.41 Å². The fourth-order valence-electron chi connectivity index (χ4n) is 9.62. The van der Waals surface area contributed by atoms with Crippen LogP contribution < -0.4 is 0 Å². The minimum absolute atomic E-state index is 0.518. The van der Waals surface area contributed by atoms with E-state index in [0.717, 1.165) is 16.9 Å². The van der Waals surface area contributed by atoms with Crippen molar-refractivity contribution < 1.29 is 0 Å². The van der Waals surface area contributed by atoms with Crippen molar-refractivity contribution in [3.8, 4) is 45.0 Å². The maximum absolute atomic E-state index is 5.32. The minimum Gasteiger partial charge on any atom is -0.309 e. The Labute approximate surface area is 306 Å². The predicted octanol–water partition coefficient (Wildman–Crippen LogP) is 12.1. The lowest BCUT2D eigenvalue weighted by molar-refractivity contribution is 0.746. The summed E-state index contributed by atoms with van der Waals surface area (Å²) in [5.41, 5.74) is 17.7. The Morgan fingerprint density at radius 3 is 1.94 bits per heavy atom. The zero-order valence-electron chi connectivity index (χ0n) is 28.7. The molecular weight excluding hydrogens is 643 g/mol. The lowest BCUT2D eigenvalue weighted by Gasteiger charge is -2.39. The van der Waals surface area contributed by atoms with Crippen LogP contribution in [0.5, 0.6) is 0 Å². The van der Waals surface area contributed by atoms with Gasteiger partial charge in [-0.3, -0.25) is 4.57 Å². The molecule has 1 aliphatic heterocycles. The summed E-state index contributed by atoms with van der Waals surface area (Å²) in [5.74, 6) is 0.971. The summed E-state index contributed by atoms with van der Waals surface area (Å²) in [6.45, 7) is 0. The normalized spacial score (nSPS) is 15.2. The van der Waals surface area contributed by atoms with E-state index < -0.39 is 5.41 Å². The second-order valence-corrected chi connectivity index (χ2v) is 14.3. The van der Waals surface area contributed by atoms with Gasteiger partial charge in [-0.2, -0.15) is 0 Å². The van der Waals surface area contributed by atoms with Crippen molar-refractivity contribution in [1.29, 1.82) is 0 Å². The summed E-state index contributed by atoms with van der Waals surface area (Å²) in [4.78, 5) is 5.32. The van der Waals surface area contributed by atoms with Crippen LogP contribution >= 0.6 is 0 Å². The molecule has 0 saturated carbocycles. The van der Waals surface area contributed by atoms with E-state index in [-0.39, 0.29) is 0 Å². The minimum atomic E-state index is -0.518. The van der Waals surface area contributed by atoms with Crippen LogP contribution in [-0.4, -0.2) is 14.1 Å². The van der Waals surface area contributed by atoms with Crippen LogP contribution in [0.4, 0.5) is 0 Å². The number of hydrogen-bond acceptors (Lipinski definition) is 1. The molecule has 1 atom stereocenters. The van der Waals surface area contributed by atoms with Crippen molar-refractivity contribution in [3.63, 3.8) is 0 Å². The van der Waals surface area contributed by atoms with Crippen molar-refractivity contribution in [2.75, 3.05) is 0 Å². The third kappa shape index (κ3) is 3.70. The molecule has 1 spiro atoms. The number of nitrogens with zero attached hydrogens (tertiary/aromatic N) is 3. The van der Waals surface area contributed by atoms with Gasteiger partial charge in [0.05, 0.1) is 33.2 Å². The van der Waals surface area contributed by atoms with E-state index in [1.807, 2.05) is 0 Å². The van der Waals surface area contributed by atoms with Gasteiger partial charge in [0.1, 0.15) is 5.82 Å². The van der Waals surface area contributed by atoms with Gasteiger partial charge in [-0.25, -0.2) is 4.98 Å². The first-order valence-corrected chi connectivity index (χ1v) is 18.3. The average Bonchev–Trinajstić information content (AvgIpc) is 3.88. The first-order chi connectivity index (χ1) is 26.3. The molecule has 246 valence electrons. The van der Waals surface area contributed by atoms with E-state index in [0.29, 0.717) is 0 Å². The Hall–Kier alpha value is -6.97. The smallest absolute Gasteiger partial charge is 0.145 e. The maximum atomic E-state index is 5.32. The van der Waals surface area contributed by atoms with Crippen LogP contribution in [0.1, 0.15) is 22.3 Å². The first kappa shape index (κ1) is 28.7. The number of fused-ring (bicyclic) bond motifs is 12. The van der Waals surface area contributed by atoms with Gasteiger partial charge in [-0.15, -0.1) is 0 Å². The molecule has 0 radical (unpaired) electrons. The number of aromatic nitrogens is 3.